The lowest BCUT2D eigenvalue weighted by molar-refractivity contribution is -0.391. The average molecular weight is 935 g/mol. The van der Waals surface area contributed by atoms with Crippen molar-refractivity contribution in [3.63, 3.8) is 0 Å². The van der Waals surface area contributed by atoms with Crippen molar-refractivity contribution >= 4 is 17.9 Å². The number of carbonyl (C=O) groups is 3. The third-order valence-electron chi connectivity index (χ3n) is 17.9. The summed E-state index contributed by atoms with van der Waals surface area (Å²) in [6.07, 6.45) is -22.1. The van der Waals surface area contributed by atoms with Gasteiger partial charge in [0.15, 0.2) is 0 Å². The molecule has 0 radical (unpaired) electrons. The molecule has 0 spiro atoms. The largest absolute Gasteiger partial charge is 0.446 e. The van der Waals surface area contributed by atoms with E-state index in [0.717, 1.165) is 27.7 Å². The molecule has 64 heavy (non-hydrogen) atoms. The Hall–Kier alpha value is -2.95. The number of ether oxygens (including phenoxy) is 3. The van der Waals surface area contributed by atoms with Crippen LogP contribution in [0.15, 0.2) is 24.3 Å². The van der Waals surface area contributed by atoms with Crippen molar-refractivity contribution in [1.82, 2.24) is 0 Å². The van der Waals surface area contributed by atoms with Gasteiger partial charge in [0, 0.05) is 28.4 Å². The molecule has 0 heterocycles. The predicted octanol–water partition coefficient (Wildman–Crippen LogP) is 12.5. The van der Waals surface area contributed by atoms with E-state index in [1.807, 2.05) is 0 Å². The summed E-state index contributed by atoms with van der Waals surface area (Å²) in [4.78, 5) is 39.8. The maximum atomic E-state index is 15.5. The Kier molecular flexibility index (Phi) is 11.7. The number of fused-ring (bicyclic) bond motifs is 4. The first-order valence-electron chi connectivity index (χ1n) is 22.3. The number of halogens is 12. The second-order valence-electron chi connectivity index (χ2n) is 22.0. The van der Waals surface area contributed by atoms with Gasteiger partial charge in [0.05, 0.1) is 5.41 Å². The Morgan fingerprint density at radius 3 is 1.59 bits per heavy atom. The lowest BCUT2D eigenvalue weighted by atomic mass is 9.37. The Bertz CT molecular complexity index is 1900. The normalized spacial score (nSPS) is 37.8. The van der Waals surface area contributed by atoms with Crippen LogP contribution >= 0.6 is 0 Å². The lowest BCUT2D eigenvalue weighted by Gasteiger charge is -2.68. The predicted molar refractivity (Wildman–Crippen MR) is 205 cm³/mol. The van der Waals surface area contributed by atoms with Crippen LogP contribution in [-0.4, -0.2) is 59.4 Å². The summed E-state index contributed by atoms with van der Waals surface area (Å²) in [5.74, 6) is -14.1. The van der Waals surface area contributed by atoms with Crippen molar-refractivity contribution < 1.29 is 81.3 Å². The van der Waals surface area contributed by atoms with Crippen LogP contribution < -0.4 is 0 Å². The third kappa shape index (κ3) is 7.39. The topological polar surface area (TPSA) is 78.9 Å². The van der Waals surface area contributed by atoms with Crippen molar-refractivity contribution in [2.45, 2.75) is 160 Å². The maximum Gasteiger partial charge on any atom is 0.437 e. The Morgan fingerprint density at radius 2 is 1.11 bits per heavy atom. The van der Waals surface area contributed by atoms with Crippen LogP contribution in [0.25, 0.3) is 0 Å². The quantitative estimate of drug-likeness (QED) is 0.0839. The van der Waals surface area contributed by atoms with Gasteiger partial charge in [-0.2, -0.15) is 52.7 Å². The van der Waals surface area contributed by atoms with Gasteiger partial charge in [-0.05, 0) is 171 Å². The number of esters is 3. The SMILES string of the molecule is C=C(C)C(=O)OC(C)(C1CC2CC(C3C4CC5CC(C(C)(OC(=O)C(=C)C)C(F)(F)F)(C4)CC3C5CC(C)(C)C(=O)OC(C3CC4CCC3C4)(C(F)(F)F)C(F)(F)F)C1C2)C(F)(F)F. The molecule has 8 saturated carbocycles. The highest BCUT2D eigenvalue weighted by Gasteiger charge is 2.80. The van der Waals surface area contributed by atoms with E-state index in [1.54, 1.807) is 0 Å². The summed E-state index contributed by atoms with van der Waals surface area (Å²) in [6.45, 7) is 13.2. The number of rotatable bonds is 12. The van der Waals surface area contributed by atoms with Crippen LogP contribution in [0.2, 0.25) is 0 Å². The summed E-state index contributed by atoms with van der Waals surface area (Å²) in [5, 5.41) is 0. The van der Waals surface area contributed by atoms with E-state index in [-0.39, 0.29) is 62.0 Å². The third-order valence-corrected chi connectivity index (χ3v) is 17.9. The van der Waals surface area contributed by atoms with Gasteiger partial charge in [-0.1, -0.05) is 19.6 Å². The van der Waals surface area contributed by atoms with Gasteiger partial charge in [-0.3, -0.25) is 4.79 Å². The summed E-state index contributed by atoms with van der Waals surface area (Å²) < 4.78 is 198. The van der Waals surface area contributed by atoms with Gasteiger partial charge in [-0.25, -0.2) is 9.59 Å². The molecule has 362 valence electrons. The second kappa shape index (κ2) is 15.3. The molecule has 15 atom stereocenters. The number of alkyl halides is 12. The van der Waals surface area contributed by atoms with Crippen LogP contribution in [0.5, 0.6) is 0 Å². The minimum atomic E-state index is -6.04. The molecular weight excluding hydrogens is 876 g/mol. The highest BCUT2D eigenvalue weighted by Crippen LogP contribution is 2.75. The molecule has 8 aliphatic carbocycles. The van der Waals surface area contributed by atoms with Crippen molar-refractivity contribution in [3.8, 4) is 0 Å². The number of hydrogen-bond acceptors (Lipinski definition) is 6. The van der Waals surface area contributed by atoms with E-state index in [9.17, 15) is 14.4 Å². The van der Waals surface area contributed by atoms with E-state index >= 15 is 52.7 Å². The first-order chi connectivity index (χ1) is 29.0. The van der Waals surface area contributed by atoms with Gasteiger partial charge >= 0.3 is 48.2 Å². The van der Waals surface area contributed by atoms with Gasteiger partial charge in [0.25, 0.3) is 0 Å². The fraction of sp³-hybridized carbons (Fsp3) is 0.848. The fourth-order valence-corrected chi connectivity index (χ4v) is 15.0. The standard InChI is InChI=1S/C46H58F12O6/c1-21(2)35(59)62-39(7,43(47,48)49)33-15-24-12-28(33)29(13-24)34-27-16-26-17-41(18-27,40(8,44(50,51)52)63-36(60)22(3)4)20-31(34)30(26)19-38(5,6)37(61)64-42(45(53,54)55,46(56,57)58)32-14-23-9-10-25(32)11-23/h23-34H,1,3,9-20H2,2,4-8H3. The minimum absolute atomic E-state index is 0.0450. The number of carbonyl (C=O) groups excluding carboxylic acids is 3. The fourth-order valence-electron chi connectivity index (χ4n) is 15.0. The van der Waals surface area contributed by atoms with Crippen molar-refractivity contribution in [2.24, 2.45) is 81.8 Å². The van der Waals surface area contributed by atoms with Crippen molar-refractivity contribution in [3.05, 3.63) is 24.3 Å². The molecule has 0 saturated heterocycles. The molecule has 8 rings (SSSR count). The summed E-state index contributed by atoms with van der Waals surface area (Å²) in [5.41, 5.74) is -15.3. The van der Waals surface area contributed by atoms with Gasteiger partial charge in [0.2, 0.25) is 11.2 Å². The molecule has 0 aromatic carbocycles. The smallest absolute Gasteiger partial charge is 0.437 e. The Morgan fingerprint density at radius 1 is 0.562 bits per heavy atom. The summed E-state index contributed by atoms with van der Waals surface area (Å²) >= 11 is 0. The molecule has 8 fully saturated rings. The van der Waals surface area contributed by atoms with Crippen molar-refractivity contribution in [2.75, 3.05) is 0 Å². The van der Waals surface area contributed by atoms with Crippen LogP contribution in [-0.2, 0) is 28.6 Å². The molecular formula is C46H58F12O6. The first kappa shape index (κ1) is 49.0. The zero-order chi connectivity index (χ0) is 47.9. The van der Waals surface area contributed by atoms with Gasteiger partial charge in [0.1, 0.15) is 0 Å². The summed E-state index contributed by atoms with van der Waals surface area (Å²) in [7, 11) is 0. The molecule has 0 N–H and O–H groups in total. The van der Waals surface area contributed by atoms with Gasteiger partial charge in [-0.15, -0.1) is 0 Å². The monoisotopic (exact) mass is 934 g/mol. The van der Waals surface area contributed by atoms with Gasteiger partial charge < -0.3 is 14.2 Å². The van der Waals surface area contributed by atoms with E-state index < -0.39 is 148 Å². The molecule has 8 bridgehead atoms. The molecule has 0 aliphatic heterocycles. The maximum absolute atomic E-state index is 15.5. The highest BCUT2D eigenvalue weighted by atomic mass is 19.4. The van der Waals surface area contributed by atoms with E-state index in [4.69, 9.17) is 14.2 Å². The molecule has 15 unspecified atom stereocenters. The zero-order valence-electron chi connectivity index (χ0n) is 36.8. The van der Waals surface area contributed by atoms with Crippen LogP contribution in [0.3, 0.4) is 0 Å². The minimum Gasteiger partial charge on any atom is -0.446 e. The molecule has 8 aliphatic rings. The molecule has 18 heteroatoms. The first-order valence-corrected chi connectivity index (χ1v) is 22.3. The van der Waals surface area contributed by atoms with Crippen LogP contribution in [0.4, 0.5) is 52.7 Å². The molecule has 0 aromatic rings. The lowest BCUT2D eigenvalue weighted by Crippen LogP contribution is -2.69. The zero-order valence-corrected chi connectivity index (χ0v) is 36.8. The molecule has 6 nitrogen and oxygen atoms in total. The highest BCUT2D eigenvalue weighted by molar-refractivity contribution is 5.87. The number of hydrogen-bond donors (Lipinski definition) is 0. The Balaban J connectivity index is 1.27. The molecule has 0 aromatic heterocycles. The second-order valence-corrected chi connectivity index (χ2v) is 22.0. The van der Waals surface area contributed by atoms with E-state index in [1.165, 1.54) is 13.8 Å². The van der Waals surface area contributed by atoms with E-state index in [0.29, 0.717) is 19.3 Å². The van der Waals surface area contributed by atoms with Crippen LogP contribution in [0.1, 0.15) is 119 Å². The Labute approximate surface area is 365 Å². The van der Waals surface area contributed by atoms with E-state index in [2.05, 4.69) is 13.2 Å². The molecule has 0 amide bonds. The summed E-state index contributed by atoms with van der Waals surface area (Å²) in [6, 6.07) is 0. The van der Waals surface area contributed by atoms with Crippen molar-refractivity contribution in [1.29, 1.82) is 0 Å². The average Bonchev–Trinajstić information content (AvgIpc) is 3.96. The van der Waals surface area contributed by atoms with Crippen LogP contribution in [0, 0.1) is 81.8 Å².